The van der Waals surface area contributed by atoms with E-state index in [1.54, 1.807) is 30.3 Å². The van der Waals surface area contributed by atoms with Crippen molar-refractivity contribution in [2.75, 3.05) is 42.6 Å². The van der Waals surface area contributed by atoms with E-state index in [1.807, 2.05) is 25.1 Å². The van der Waals surface area contributed by atoms with Gasteiger partial charge in [0, 0.05) is 37.9 Å². The molecule has 0 saturated carbocycles. The molecule has 2 aliphatic rings. The van der Waals surface area contributed by atoms with Crippen molar-refractivity contribution in [3.63, 3.8) is 0 Å². The SMILES string of the molecule is CCOc1cccc(N2C(=O)C[C@H](N3CCN(c4ccc(O)cc4)CC3)C2=O)c1. The third-order valence-electron chi connectivity index (χ3n) is 5.48. The van der Waals surface area contributed by atoms with Crippen molar-refractivity contribution in [1.82, 2.24) is 4.90 Å². The van der Waals surface area contributed by atoms with Gasteiger partial charge in [-0.2, -0.15) is 0 Å². The number of rotatable bonds is 5. The largest absolute Gasteiger partial charge is 0.508 e. The molecular formula is C22H25N3O4. The molecule has 0 aromatic heterocycles. The van der Waals surface area contributed by atoms with Crippen LogP contribution in [0.4, 0.5) is 11.4 Å². The predicted octanol–water partition coefficient (Wildman–Crippen LogP) is 2.25. The van der Waals surface area contributed by atoms with Crippen molar-refractivity contribution in [1.29, 1.82) is 0 Å². The molecule has 2 saturated heterocycles. The summed E-state index contributed by atoms with van der Waals surface area (Å²) in [5.41, 5.74) is 1.61. The van der Waals surface area contributed by atoms with Crippen LogP contribution in [0.15, 0.2) is 48.5 Å². The minimum absolute atomic E-state index is 0.165. The number of benzene rings is 2. The molecule has 2 aromatic carbocycles. The number of imide groups is 1. The fourth-order valence-electron chi connectivity index (χ4n) is 4.01. The summed E-state index contributed by atoms with van der Waals surface area (Å²) in [4.78, 5) is 31.3. The van der Waals surface area contributed by atoms with Crippen LogP contribution in [0, 0.1) is 0 Å². The first kappa shape index (κ1) is 19.3. The van der Waals surface area contributed by atoms with Crippen LogP contribution >= 0.6 is 0 Å². The summed E-state index contributed by atoms with van der Waals surface area (Å²) < 4.78 is 5.50. The Balaban J connectivity index is 1.43. The number of nitrogens with zero attached hydrogens (tertiary/aromatic N) is 3. The number of ether oxygens (including phenoxy) is 1. The number of amides is 2. The molecule has 2 heterocycles. The Morgan fingerprint density at radius 3 is 2.41 bits per heavy atom. The Bertz CT molecular complexity index is 891. The summed E-state index contributed by atoms with van der Waals surface area (Å²) >= 11 is 0. The van der Waals surface area contributed by atoms with Crippen LogP contribution in [-0.2, 0) is 9.59 Å². The molecule has 0 aliphatic carbocycles. The summed E-state index contributed by atoms with van der Waals surface area (Å²) in [6.45, 7) is 5.37. The number of phenols is 1. The maximum atomic E-state index is 13.1. The van der Waals surface area contributed by atoms with Gasteiger partial charge in [-0.1, -0.05) is 6.07 Å². The second-order valence-electron chi connectivity index (χ2n) is 7.26. The number of phenolic OH excluding ortho intramolecular Hbond substituents is 1. The number of piperazine rings is 1. The van der Waals surface area contributed by atoms with Crippen molar-refractivity contribution in [2.24, 2.45) is 0 Å². The smallest absolute Gasteiger partial charge is 0.251 e. The minimum Gasteiger partial charge on any atom is -0.508 e. The van der Waals surface area contributed by atoms with Crippen molar-refractivity contribution in [3.05, 3.63) is 48.5 Å². The molecule has 0 radical (unpaired) electrons. The Morgan fingerprint density at radius 1 is 1.00 bits per heavy atom. The summed E-state index contributed by atoms with van der Waals surface area (Å²) in [5, 5.41) is 9.45. The summed E-state index contributed by atoms with van der Waals surface area (Å²) in [7, 11) is 0. The van der Waals surface area contributed by atoms with Gasteiger partial charge in [0.25, 0.3) is 5.91 Å². The topological polar surface area (TPSA) is 73.3 Å². The van der Waals surface area contributed by atoms with Gasteiger partial charge < -0.3 is 14.7 Å². The first-order chi connectivity index (χ1) is 14.1. The molecule has 0 unspecified atom stereocenters. The van der Waals surface area contributed by atoms with Gasteiger partial charge in [-0.05, 0) is 43.3 Å². The highest BCUT2D eigenvalue weighted by molar-refractivity contribution is 6.22. The van der Waals surface area contributed by atoms with Gasteiger partial charge in [0.1, 0.15) is 11.5 Å². The van der Waals surface area contributed by atoms with E-state index in [9.17, 15) is 14.7 Å². The summed E-state index contributed by atoms with van der Waals surface area (Å²) in [5.74, 6) is 0.559. The van der Waals surface area contributed by atoms with Gasteiger partial charge in [0.2, 0.25) is 5.91 Å². The standard InChI is InChI=1S/C22H25N3O4/c1-2-29-19-5-3-4-17(14-19)25-21(27)15-20(22(25)28)24-12-10-23(11-13-24)16-6-8-18(26)9-7-16/h3-9,14,20,26H,2,10-13,15H2,1H3/t20-/m0/s1. The molecule has 0 spiro atoms. The Labute approximate surface area is 170 Å². The zero-order valence-corrected chi connectivity index (χ0v) is 16.5. The zero-order chi connectivity index (χ0) is 20.4. The first-order valence-corrected chi connectivity index (χ1v) is 9.94. The number of carbonyl (C=O) groups is 2. The molecule has 152 valence electrons. The highest BCUT2D eigenvalue weighted by Gasteiger charge is 2.43. The molecule has 1 atom stereocenters. The van der Waals surface area contributed by atoms with E-state index in [1.165, 1.54) is 4.90 Å². The van der Waals surface area contributed by atoms with E-state index in [-0.39, 0.29) is 24.0 Å². The molecule has 4 rings (SSSR count). The highest BCUT2D eigenvalue weighted by atomic mass is 16.5. The number of anilines is 2. The molecule has 7 nitrogen and oxygen atoms in total. The Morgan fingerprint density at radius 2 is 1.72 bits per heavy atom. The molecule has 7 heteroatoms. The van der Waals surface area contributed by atoms with Crippen LogP contribution in [0.25, 0.3) is 0 Å². The molecule has 2 amide bonds. The lowest BCUT2D eigenvalue weighted by Gasteiger charge is -2.38. The fraction of sp³-hybridized carbons (Fsp3) is 0.364. The number of hydrogen-bond donors (Lipinski definition) is 1. The van der Waals surface area contributed by atoms with Crippen molar-refractivity contribution < 1.29 is 19.4 Å². The number of hydrogen-bond acceptors (Lipinski definition) is 6. The Kier molecular flexibility index (Phi) is 5.40. The van der Waals surface area contributed by atoms with Crippen LogP contribution in [0.3, 0.4) is 0 Å². The van der Waals surface area contributed by atoms with Crippen LogP contribution < -0.4 is 14.5 Å². The molecule has 0 bridgehead atoms. The lowest BCUT2D eigenvalue weighted by molar-refractivity contribution is -0.123. The molecule has 2 aliphatic heterocycles. The second kappa shape index (κ2) is 8.13. The van der Waals surface area contributed by atoms with E-state index in [0.29, 0.717) is 31.1 Å². The Hall–Kier alpha value is -3.06. The van der Waals surface area contributed by atoms with E-state index in [2.05, 4.69) is 9.80 Å². The lowest BCUT2D eigenvalue weighted by atomic mass is 10.1. The van der Waals surface area contributed by atoms with Gasteiger partial charge in [-0.15, -0.1) is 0 Å². The van der Waals surface area contributed by atoms with E-state index in [0.717, 1.165) is 18.8 Å². The van der Waals surface area contributed by atoms with Gasteiger partial charge in [0.05, 0.1) is 24.8 Å². The quantitative estimate of drug-likeness (QED) is 0.783. The first-order valence-electron chi connectivity index (χ1n) is 9.94. The molecular weight excluding hydrogens is 370 g/mol. The molecule has 2 aromatic rings. The van der Waals surface area contributed by atoms with Gasteiger partial charge in [-0.3, -0.25) is 14.5 Å². The third-order valence-corrected chi connectivity index (χ3v) is 5.48. The van der Waals surface area contributed by atoms with Gasteiger partial charge >= 0.3 is 0 Å². The second-order valence-corrected chi connectivity index (χ2v) is 7.26. The van der Waals surface area contributed by atoms with Crippen LogP contribution in [0.2, 0.25) is 0 Å². The maximum Gasteiger partial charge on any atom is 0.251 e. The average Bonchev–Trinajstić information content (AvgIpc) is 3.03. The third kappa shape index (κ3) is 3.91. The average molecular weight is 395 g/mol. The maximum absolute atomic E-state index is 13.1. The normalized spacial score (nSPS) is 20.4. The minimum atomic E-state index is -0.416. The van der Waals surface area contributed by atoms with Gasteiger partial charge in [-0.25, -0.2) is 4.90 Å². The highest BCUT2D eigenvalue weighted by Crippen LogP contribution is 2.29. The van der Waals surface area contributed by atoms with Crippen molar-refractivity contribution in [3.8, 4) is 11.5 Å². The lowest BCUT2D eigenvalue weighted by Crippen LogP contribution is -2.52. The van der Waals surface area contributed by atoms with Crippen LogP contribution in [0.1, 0.15) is 13.3 Å². The van der Waals surface area contributed by atoms with E-state index in [4.69, 9.17) is 4.74 Å². The van der Waals surface area contributed by atoms with Crippen molar-refractivity contribution in [2.45, 2.75) is 19.4 Å². The summed E-state index contributed by atoms with van der Waals surface area (Å²) in [6, 6.07) is 13.8. The molecule has 1 N–H and O–H groups in total. The molecule has 2 fully saturated rings. The van der Waals surface area contributed by atoms with E-state index >= 15 is 0 Å². The number of carbonyl (C=O) groups excluding carboxylic acids is 2. The predicted molar refractivity (Wildman–Crippen MR) is 110 cm³/mol. The van der Waals surface area contributed by atoms with Crippen LogP contribution in [-0.4, -0.2) is 60.6 Å². The zero-order valence-electron chi connectivity index (χ0n) is 16.5. The fourth-order valence-corrected chi connectivity index (χ4v) is 4.01. The summed E-state index contributed by atoms with van der Waals surface area (Å²) in [6.07, 6.45) is 0.205. The van der Waals surface area contributed by atoms with Crippen molar-refractivity contribution >= 4 is 23.2 Å². The number of aromatic hydroxyl groups is 1. The van der Waals surface area contributed by atoms with E-state index < -0.39 is 6.04 Å². The molecule has 29 heavy (non-hydrogen) atoms. The van der Waals surface area contributed by atoms with Crippen LogP contribution in [0.5, 0.6) is 11.5 Å². The monoisotopic (exact) mass is 395 g/mol. The van der Waals surface area contributed by atoms with Gasteiger partial charge in [0.15, 0.2) is 0 Å².